The van der Waals surface area contributed by atoms with Gasteiger partial charge in [0.2, 0.25) is 5.75 Å². The van der Waals surface area contributed by atoms with Gasteiger partial charge in [0.1, 0.15) is 29.8 Å². The van der Waals surface area contributed by atoms with Crippen molar-refractivity contribution in [2.24, 2.45) is 39.6 Å². The van der Waals surface area contributed by atoms with Crippen LogP contribution in [0.1, 0.15) is 110 Å². The minimum Gasteiger partial charge on any atom is -0.508 e. The largest absolute Gasteiger partial charge is 0.508 e. The zero-order chi connectivity index (χ0) is 56.3. The maximum absolute atomic E-state index is 15.6. The van der Waals surface area contributed by atoms with Gasteiger partial charge in [-0.15, -0.1) is 0 Å². The van der Waals surface area contributed by atoms with Gasteiger partial charge in [0.05, 0.1) is 24.7 Å². The smallest absolute Gasteiger partial charge is 0.355 e. The fraction of sp³-hybridized carbons (Fsp3) is 0.509. The molecular formula is C57H70N6O16. The number of phenolic OH excluding ortho intramolecular Hbond substituents is 4. The predicted molar refractivity (Wildman–Crippen MR) is 283 cm³/mol. The van der Waals surface area contributed by atoms with Crippen molar-refractivity contribution < 1.29 is 80.3 Å². The molecule has 0 bridgehead atoms. The minimum absolute atomic E-state index is 0.0293. The number of carboxylic acids is 1. The SMILES string of the molecule is NC(N)=NCC1(CC(O)CCC2=CC3(C(=O)O)C(c4c(cc(OC5(O)OC(CO)C(O)C(O)C5O)c(O)c4O)N3C(=O)C=Cc3ccc(O)c(Cc4cnc[nH]4)c3)C2C23c4c(O)cccc4CCC2CCCC3CO)CCCC1. The van der Waals surface area contributed by atoms with E-state index in [0.717, 1.165) is 48.3 Å². The number of allylic oxidation sites excluding steroid dienone is 1. The first-order chi connectivity index (χ1) is 37.7. The summed E-state index contributed by atoms with van der Waals surface area (Å²) in [7, 11) is 0. The molecule has 4 aliphatic carbocycles. The molecular weight excluding hydrogens is 1020 g/mol. The summed E-state index contributed by atoms with van der Waals surface area (Å²) in [5, 5.41) is 138. The van der Waals surface area contributed by atoms with Gasteiger partial charge in [0.25, 0.3) is 5.91 Å². The van der Waals surface area contributed by atoms with E-state index in [1.54, 1.807) is 24.4 Å². The average molecular weight is 1100 g/mol. The molecule has 3 heterocycles. The molecule has 0 spiro atoms. The Labute approximate surface area is 454 Å². The summed E-state index contributed by atoms with van der Waals surface area (Å²) < 4.78 is 11.1. The Hall–Kier alpha value is -6.76. The monoisotopic (exact) mass is 1090 g/mol. The topological polar surface area (TPSA) is 392 Å². The highest BCUT2D eigenvalue weighted by molar-refractivity contribution is 6.13. The number of amides is 1. The number of H-pyrrole nitrogens is 1. The molecule has 6 aliphatic rings. The van der Waals surface area contributed by atoms with Crippen LogP contribution in [0.25, 0.3) is 6.08 Å². The van der Waals surface area contributed by atoms with Crippen LogP contribution < -0.4 is 21.1 Å². The van der Waals surface area contributed by atoms with Crippen LogP contribution in [0.3, 0.4) is 0 Å². The molecule has 1 amide bonds. The van der Waals surface area contributed by atoms with Crippen LogP contribution in [-0.2, 0) is 32.6 Å². The molecule has 22 nitrogen and oxygen atoms in total. The summed E-state index contributed by atoms with van der Waals surface area (Å²) in [6, 6.07) is 10.7. The highest BCUT2D eigenvalue weighted by Gasteiger charge is 2.72. The predicted octanol–water partition coefficient (Wildman–Crippen LogP) is 2.50. The summed E-state index contributed by atoms with van der Waals surface area (Å²) in [5.41, 5.74) is 9.90. The van der Waals surface area contributed by atoms with E-state index < -0.39 is 113 Å². The highest BCUT2D eigenvalue weighted by atomic mass is 16.8. The van der Waals surface area contributed by atoms with Gasteiger partial charge in [0, 0.05) is 77.5 Å². The molecule has 12 unspecified atom stereocenters. The first kappa shape index (κ1) is 55.6. The number of aryl methyl sites for hydroxylation is 1. The van der Waals surface area contributed by atoms with E-state index >= 15 is 9.59 Å². The second-order valence-electron chi connectivity index (χ2n) is 22.6. The Bertz CT molecular complexity index is 3050. The number of hydrogen-bond donors (Lipinski definition) is 15. The van der Waals surface area contributed by atoms with Gasteiger partial charge in [-0.05, 0) is 117 Å². The van der Waals surface area contributed by atoms with E-state index in [1.807, 2.05) is 6.07 Å². The zero-order valence-corrected chi connectivity index (χ0v) is 43.4. The summed E-state index contributed by atoms with van der Waals surface area (Å²) in [6.07, 6.45) is 4.43. The number of aromatic hydroxyl groups is 4. The van der Waals surface area contributed by atoms with Crippen molar-refractivity contribution in [1.29, 1.82) is 0 Å². The molecule has 4 aromatic rings. The van der Waals surface area contributed by atoms with Gasteiger partial charge in [-0.1, -0.05) is 43.0 Å². The van der Waals surface area contributed by atoms with Crippen molar-refractivity contribution in [3.63, 3.8) is 0 Å². The van der Waals surface area contributed by atoms with E-state index in [0.29, 0.717) is 73.0 Å². The van der Waals surface area contributed by atoms with Gasteiger partial charge in [-0.25, -0.2) is 9.78 Å². The molecule has 17 N–H and O–H groups in total. The lowest BCUT2D eigenvalue weighted by Crippen LogP contribution is -2.67. The van der Waals surface area contributed by atoms with Crippen molar-refractivity contribution in [3.8, 4) is 28.7 Å². The number of aromatic amines is 1. The third-order valence-corrected chi connectivity index (χ3v) is 18.2. The highest BCUT2D eigenvalue weighted by Crippen LogP contribution is 2.72. The van der Waals surface area contributed by atoms with Gasteiger partial charge >= 0.3 is 11.9 Å². The zero-order valence-electron chi connectivity index (χ0n) is 43.4. The quantitative estimate of drug-likeness (QED) is 0.0180. The number of carboxylic acid groups (broad SMARTS) is 1. The molecule has 12 atom stereocenters. The van der Waals surface area contributed by atoms with Crippen LogP contribution >= 0.6 is 0 Å². The lowest BCUT2D eigenvalue weighted by atomic mass is 9.45. The van der Waals surface area contributed by atoms with E-state index in [2.05, 4.69) is 15.0 Å². The lowest BCUT2D eigenvalue weighted by Gasteiger charge is -2.58. The van der Waals surface area contributed by atoms with Gasteiger partial charge < -0.3 is 87.2 Å². The third kappa shape index (κ3) is 9.34. The Morgan fingerprint density at radius 3 is 2.42 bits per heavy atom. The minimum atomic E-state index is -3.35. The number of nitrogens with two attached hydrogens (primary N) is 2. The molecule has 3 aromatic carbocycles. The van der Waals surface area contributed by atoms with Gasteiger partial charge in [0.15, 0.2) is 29.1 Å². The maximum Gasteiger partial charge on any atom is 0.355 e. The molecule has 424 valence electrons. The number of guanidine groups is 1. The Kier molecular flexibility index (Phi) is 15.0. The number of carbonyl (C=O) groups excluding carboxylic acids is 1. The molecule has 1 aromatic heterocycles. The average Bonchev–Trinajstić information content (AvgIpc) is 2.45. The van der Waals surface area contributed by atoms with Crippen LogP contribution in [0.4, 0.5) is 5.69 Å². The Morgan fingerprint density at radius 2 is 1.72 bits per heavy atom. The number of aliphatic carboxylic acids is 1. The van der Waals surface area contributed by atoms with Crippen molar-refractivity contribution in [2.45, 2.75) is 137 Å². The first-order valence-electron chi connectivity index (χ1n) is 27.0. The van der Waals surface area contributed by atoms with Crippen LogP contribution in [-0.4, -0.2) is 151 Å². The number of aromatic nitrogens is 2. The van der Waals surface area contributed by atoms with Crippen molar-refractivity contribution >= 4 is 29.6 Å². The normalized spacial score (nSPS) is 31.0. The van der Waals surface area contributed by atoms with Crippen molar-refractivity contribution in [1.82, 2.24) is 9.97 Å². The van der Waals surface area contributed by atoms with Crippen LogP contribution in [0, 0.1) is 23.2 Å². The molecule has 3 fully saturated rings. The molecule has 2 saturated carbocycles. The van der Waals surface area contributed by atoms with Gasteiger partial charge in [-0.2, -0.15) is 0 Å². The van der Waals surface area contributed by atoms with Crippen molar-refractivity contribution in [3.05, 3.63) is 106 Å². The standard InChI is InChI=1S/C57H70N6O16/c58-53(59)61-27-54(17-1-2-18-54)23-36(66)14-12-31-22-55(52(75)76)46(45(31)56-33(6-4-7-34(56)25-64)13-11-30-5-3-8-39(68)44(30)56)43-37(21-40(47(70)49(43)72)78-57(77)51(74)50(73)48(71)41(26-65)79-57)63(55)42(69)16-10-29-9-15-38(67)32(19-29)20-35-24-60-28-62-35/h3,5,8-10,15-16,19,21-22,24,28,33-34,36,41,45-46,48,50-51,64-68,70-74,77H,1-2,4,6-7,11-14,17-18,20,23,25-27H2,(H,60,62)(H,75,76)(H4,58,59,61). The number of benzene rings is 3. The maximum atomic E-state index is 15.6. The summed E-state index contributed by atoms with van der Waals surface area (Å²) in [5.74, 6) is -12.8. The van der Waals surface area contributed by atoms with E-state index in [9.17, 15) is 61.3 Å². The number of ether oxygens (including phenoxy) is 2. The third-order valence-electron chi connectivity index (χ3n) is 18.2. The molecule has 22 heteroatoms. The number of rotatable bonds is 17. The number of anilines is 1. The summed E-state index contributed by atoms with van der Waals surface area (Å²) in [4.78, 5) is 42.9. The number of carbonyl (C=O) groups is 2. The molecule has 1 saturated heterocycles. The van der Waals surface area contributed by atoms with E-state index in [-0.39, 0.29) is 53.9 Å². The van der Waals surface area contributed by atoms with Crippen LogP contribution in [0.15, 0.2) is 77.7 Å². The summed E-state index contributed by atoms with van der Waals surface area (Å²) in [6.45, 7) is -1.12. The number of nitrogens with one attached hydrogen (secondary N) is 1. The molecule has 0 radical (unpaired) electrons. The van der Waals surface area contributed by atoms with Crippen LogP contribution in [0.2, 0.25) is 0 Å². The van der Waals surface area contributed by atoms with Crippen molar-refractivity contribution in [2.75, 3.05) is 24.7 Å². The van der Waals surface area contributed by atoms with Crippen LogP contribution in [0.5, 0.6) is 28.7 Å². The Morgan fingerprint density at radius 1 is 0.949 bits per heavy atom. The molecule has 10 rings (SSSR count). The fourth-order valence-corrected chi connectivity index (χ4v) is 14.9. The number of aliphatic hydroxyl groups is 7. The molecule has 2 aliphatic heterocycles. The number of phenols is 4. The number of hydrogen-bond acceptors (Lipinski definition) is 17. The second kappa shape index (κ2) is 21.4. The number of nitrogens with zero attached hydrogens (tertiary/aromatic N) is 3. The number of fused-ring (bicyclic) bond motifs is 6. The number of aliphatic imine (C=N–C) groups is 1. The second-order valence-corrected chi connectivity index (χ2v) is 22.6. The summed E-state index contributed by atoms with van der Waals surface area (Å²) >= 11 is 0. The van der Waals surface area contributed by atoms with Gasteiger partial charge in [-0.3, -0.25) is 14.7 Å². The lowest BCUT2D eigenvalue weighted by molar-refractivity contribution is -0.422. The molecule has 79 heavy (non-hydrogen) atoms. The van der Waals surface area contributed by atoms with E-state index in [4.69, 9.17) is 20.9 Å². The number of imidazole rings is 1. The first-order valence-corrected chi connectivity index (χ1v) is 27.0. The fourth-order valence-electron chi connectivity index (χ4n) is 14.9. The van der Waals surface area contributed by atoms with E-state index in [1.165, 1.54) is 30.6 Å². The number of aliphatic hydroxyl groups excluding tert-OH is 6. The Balaban J connectivity index is 1.18.